The van der Waals surface area contributed by atoms with Gasteiger partial charge in [-0.15, -0.1) is 0 Å². The molecule has 1 amide bonds. The normalized spacial score (nSPS) is 11.7. The number of fused-ring (bicyclic) bond motifs is 1. The molecule has 1 heterocycles. The van der Waals surface area contributed by atoms with E-state index in [4.69, 9.17) is 4.74 Å². The molecule has 0 aliphatic rings. The zero-order chi connectivity index (χ0) is 18.8. The summed E-state index contributed by atoms with van der Waals surface area (Å²) in [5.74, 6) is 1.05. The number of nitrogens with zero attached hydrogens (tertiary/aromatic N) is 2. The van der Waals surface area contributed by atoms with E-state index in [0.29, 0.717) is 16.1 Å². The van der Waals surface area contributed by atoms with Crippen molar-refractivity contribution in [2.24, 2.45) is 12.0 Å². The Morgan fingerprint density at radius 3 is 2.48 bits per heavy atom. The zero-order valence-electron chi connectivity index (χ0n) is 15.0. The van der Waals surface area contributed by atoms with E-state index < -0.39 is 0 Å². The highest BCUT2D eigenvalue weighted by Crippen LogP contribution is 2.23. The molecule has 0 unspecified atom stereocenters. The lowest BCUT2D eigenvalue weighted by atomic mass is 10.2. The minimum absolute atomic E-state index is 0.284. The van der Waals surface area contributed by atoms with Crippen molar-refractivity contribution in [2.75, 3.05) is 0 Å². The molecule has 0 saturated heterocycles. The molecule has 0 saturated carbocycles. The number of ether oxygens (including phenoxy) is 1. The van der Waals surface area contributed by atoms with Crippen molar-refractivity contribution in [3.8, 4) is 11.5 Å². The number of benzene rings is 3. The lowest BCUT2D eigenvalue weighted by molar-refractivity contribution is 0.0997. The van der Waals surface area contributed by atoms with Crippen LogP contribution in [0.15, 0.2) is 77.8 Å². The Bertz CT molecular complexity index is 1190. The van der Waals surface area contributed by atoms with Crippen LogP contribution in [0.4, 0.5) is 0 Å². The molecule has 0 bridgehead atoms. The van der Waals surface area contributed by atoms with Crippen molar-refractivity contribution in [1.29, 1.82) is 0 Å². The maximum atomic E-state index is 12.7. The van der Waals surface area contributed by atoms with Crippen LogP contribution in [-0.2, 0) is 7.05 Å². The summed E-state index contributed by atoms with van der Waals surface area (Å²) in [6, 6.07) is 22.7. The fourth-order valence-electron chi connectivity index (χ4n) is 2.97. The summed E-state index contributed by atoms with van der Waals surface area (Å²) >= 11 is 1.51. The number of para-hydroxylation sites is 2. The Kier molecular flexibility index (Phi) is 4.60. The van der Waals surface area contributed by atoms with Crippen LogP contribution in [0.25, 0.3) is 10.2 Å². The highest BCUT2D eigenvalue weighted by atomic mass is 32.1. The average molecular weight is 374 g/mol. The number of carbonyl (C=O) groups is 1. The monoisotopic (exact) mass is 374 g/mol. The Morgan fingerprint density at radius 2 is 1.70 bits per heavy atom. The van der Waals surface area contributed by atoms with Crippen LogP contribution in [0.2, 0.25) is 0 Å². The van der Waals surface area contributed by atoms with Gasteiger partial charge in [0, 0.05) is 12.6 Å². The molecule has 4 aromatic rings. The van der Waals surface area contributed by atoms with Gasteiger partial charge in [0.15, 0.2) is 4.80 Å². The molecule has 4 rings (SSSR count). The first kappa shape index (κ1) is 17.2. The third-order valence-corrected chi connectivity index (χ3v) is 5.38. The molecule has 27 heavy (non-hydrogen) atoms. The smallest absolute Gasteiger partial charge is 0.279 e. The maximum Gasteiger partial charge on any atom is 0.279 e. The molecule has 0 N–H and O–H groups in total. The summed E-state index contributed by atoms with van der Waals surface area (Å²) in [6.45, 7) is 2.06. The van der Waals surface area contributed by atoms with E-state index in [9.17, 15) is 4.79 Å². The number of rotatable bonds is 3. The van der Waals surface area contributed by atoms with Crippen LogP contribution in [0.5, 0.6) is 11.5 Å². The van der Waals surface area contributed by atoms with E-state index in [-0.39, 0.29) is 5.91 Å². The third kappa shape index (κ3) is 3.55. The Morgan fingerprint density at radius 1 is 0.963 bits per heavy atom. The van der Waals surface area contributed by atoms with E-state index in [1.54, 1.807) is 18.2 Å². The quantitative estimate of drug-likeness (QED) is 0.502. The van der Waals surface area contributed by atoms with Gasteiger partial charge >= 0.3 is 0 Å². The second kappa shape index (κ2) is 7.21. The molecule has 0 spiro atoms. The summed E-state index contributed by atoms with van der Waals surface area (Å²) in [4.78, 5) is 17.7. The number of aryl methyl sites for hydroxylation is 2. The van der Waals surface area contributed by atoms with Gasteiger partial charge in [0.25, 0.3) is 5.91 Å². The molecule has 0 aliphatic carbocycles. The van der Waals surface area contributed by atoms with E-state index in [0.717, 1.165) is 16.0 Å². The minimum Gasteiger partial charge on any atom is -0.457 e. The Labute approximate surface area is 161 Å². The largest absolute Gasteiger partial charge is 0.457 e. The van der Waals surface area contributed by atoms with Gasteiger partial charge < -0.3 is 9.30 Å². The molecule has 134 valence electrons. The van der Waals surface area contributed by atoms with Gasteiger partial charge in [-0.3, -0.25) is 4.79 Å². The van der Waals surface area contributed by atoms with Gasteiger partial charge in [0.1, 0.15) is 11.5 Å². The molecule has 0 atom stereocenters. The fraction of sp³-hybridized carbons (Fsp3) is 0.0909. The predicted octanol–water partition coefficient (Wildman–Crippen LogP) is 5.08. The van der Waals surface area contributed by atoms with Crippen LogP contribution in [0.1, 0.15) is 15.9 Å². The summed E-state index contributed by atoms with van der Waals surface area (Å²) in [5.41, 5.74) is 2.77. The molecule has 1 aromatic heterocycles. The second-order valence-corrected chi connectivity index (χ2v) is 7.23. The van der Waals surface area contributed by atoms with Crippen molar-refractivity contribution in [3.05, 3.63) is 88.7 Å². The lowest BCUT2D eigenvalue weighted by Crippen LogP contribution is -2.13. The van der Waals surface area contributed by atoms with Gasteiger partial charge in [-0.1, -0.05) is 47.7 Å². The Hall–Kier alpha value is -3.18. The van der Waals surface area contributed by atoms with Gasteiger partial charge in [-0.2, -0.15) is 4.99 Å². The van der Waals surface area contributed by atoms with Gasteiger partial charge in [0.2, 0.25) is 0 Å². The number of amides is 1. The lowest BCUT2D eigenvalue weighted by Gasteiger charge is -2.06. The van der Waals surface area contributed by atoms with Crippen LogP contribution in [-0.4, -0.2) is 10.5 Å². The van der Waals surface area contributed by atoms with E-state index in [1.165, 1.54) is 16.9 Å². The standard InChI is InChI=1S/C22H18N2O2S/c1-15-8-6-13-19-20(15)24(2)22(27-19)23-21(25)16-9-7-12-18(14-16)26-17-10-4-3-5-11-17/h3-14H,1-2H3. The number of thiazole rings is 1. The van der Waals surface area contributed by atoms with Gasteiger partial charge in [-0.25, -0.2) is 0 Å². The van der Waals surface area contributed by atoms with Crippen molar-refractivity contribution in [1.82, 2.24) is 4.57 Å². The number of carbonyl (C=O) groups excluding carboxylic acids is 1. The summed E-state index contributed by atoms with van der Waals surface area (Å²) in [6.07, 6.45) is 0. The number of hydrogen-bond acceptors (Lipinski definition) is 3. The maximum absolute atomic E-state index is 12.7. The molecule has 0 radical (unpaired) electrons. The molecular weight excluding hydrogens is 356 g/mol. The van der Waals surface area contributed by atoms with Gasteiger partial charge in [-0.05, 0) is 48.9 Å². The molecule has 4 nitrogen and oxygen atoms in total. The predicted molar refractivity (Wildman–Crippen MR) is 108 cm³/mol. The third-order valence-electron chi connectivity index (χ3n) is 4.28. The van der Waals surface area contributed by atoms with Crippen molar-refractivity contribution < 1.29 is 9.53 Å². The van der Waals surface area contributed by atoms with Crippen LogP contribution >= 0.6 is 11.3 Å². The molecule has 5 heteroatoms. The van der Waals surface area contributed by atoms with E-state index >= 15 is 0 Å². The molecule has 3 aromatic carbocycles. The summed E-state index contributed by atoms with van der Waals surface area (Å²) in [7, 11) is 1.94. The van der Waals surface area contributed by atoms with Crippen molar-refractivity contribution >= 4 is 27.5 Å². The molecule has 0 fully saturated rings. The molecule has 0 aliphatic heterocycles. The zero-order valence-corrected chi connectivity index (χ0v) is 15.9. The highest BCUT2D eigenvalue weighted by Gasteiger charge is 2.09. The first-order valence-electron chi connectivity index (χ1n) is 8.59. The van der Waals surface area contributed by atoms with E-state index in [1.807, 2.05) is 60.1 Å². The first-order chi connectivity index (χ1) is 13.1. The van der Waals surface area contributed by atoms with Gasteiger partial charge in [0.05, 0.1) is 10.2 Å². The second-order valence-electron chi connectivity index (χ2n) is 6.23. The van der Waals surface area contributed by atoms with Crippen LogP contribution < -0.4 is 9.54 Å². The fourth-order valence-corrected chi connectivity index (χ4v) is 4.07. The van der Waals surface area contributed by atoms with Crippen LogP contribution in [0, 0.1) is 6.92 Å². The van der Waals surface area contributed by atoms with E-state index in [2.05, 4.69) is 18.0 Å². The summed E-state index contributed by atoms with van der Waals surface area (Å²) < 4.78 is 8.90. The topological polar surface area (TPSA) is 43.6 Å². The van der Waals surface area contributed by atoms with Crippen molar-refractivity contribution in [2.45, 2.75) is 6.92 Å². The van der Waals surface area contributed by atoms with Crippen LogP contribution in [0.3, 0.4) is 0 Å². The minimum atomic E-state index is -0.284. The highest BCUT2D eigenvalue weighted by molar-refractivity contribution is 7.16. The van der Waals surface area contributed by atoms with Crippen molar-refractivity contribution in [3.63, 3.8) is 0 Å². The SMILES string of the molecule is Cc1cccc2sc(=NC(=O)c3cccc(Oc4ccccc4)c3)n(C)c12. The number of hydrogen-bond donors (Lipinski definition) is 0. The number of aromatic nitrogens is 1. The molecular formula is C22H18N2O2S. The summed E-state index contributed by atoms with van der Waals surface area (Å²) in [5, 5.41) is 0. The Balaban J connectivity index is 1.68. The first-order valence-corrected chi connectivity index (χ1v) is 9.40. The average Bonchev–Trinajstić information content (AvgIpc) is 2.99.